The van der Waals surface area contributed by atoms with Crippen molar-refractivity contribution in [3.8, 4) is 0 Å². The number of hydrogen-bond acceptors (Lipinski definition) is 3. The number of benzene rings is 3. The maximum absolute atomic E-state index is 13.3. The van der Waals surface area contributed by atoms with Crippen molar-refractivity contribution in [1.29, 1.82) is 0 Å². The lowest BCUT2D eigenvalue weighted by Crippen LogP contribution is -2.36. The second-order valence-corrected chi connectivity index (χ2v) is 9.99. The van der Waals surface area contributed by atoms with Crippen LogP contribution < -0.4 is 0 Å². The van der Waals surface area contributed by atoms with Gasteiger partial charge in [0, 0.05) is 26.7 Å². The van der Waals surface area contributed by atoms with Gasteiger partial charge in [0.05, 0.1) is 15.5 Å². The normalized spacial score (nSPS) is 14.1. The SMILES string of the molecule is CN(Cc1ccccc1)C(=O)c1cc(S(=O)(=O)N2CCc3ccccc3C2)ccc1Cl. The minimum atomic E-state index is -3.76. The molecule has 31 heavy (non-hydrogen) atoms. The number of amides is 1. The van der Waals surface area contributed by atoms with E-state index in [0.29, 0.717) is 26.1 Å². The Kier molecular flexibility index (Phi) is 6.14. The van der Waals surface area contributed by atoms with Gasteiger partial charge >= 0.3 is 0 Å². The topological polar surface area (TPSA) is 57.7 Å². The highest BCUT2D eigenvalue weighted by molar-refractivity contribution is 7.89. The van der Waals surface area contributed by atoms with Crippen molar-refractivity contribution in [2.75, 3.05) is 13.6 Å². The molecule has 0 saturated carbocycles. The number of sulfonamides is 1. The van der Waals surface area contributed by atoms with E-state index in [1.807, 2.05) is 54.6 Å². The number of rotatable bonds is 5. The molecule has 7 heteroatoms. The highest BCUT2D eigenvalue weighted by atomic mass is 35.5. The third kappa shape index (κ3) is 4.51. The van der Waals surface area contributed by atoms with Gasteiger partial charge in [-0.2, -0.15) is 4.31 Å². The molecule has 4 rings (SSSR count). The van der Waals surface area contributed by atoms with E-state index in [0.717, 1.165) is 11.1 Å². The molecular weight excluding hydrogens is 432 g/mol. The van der Waals surface area contributed by atoms with E-state index >= 15 is 0 Å². The second kappa shape index (κ2) is 8.83. The molecule has 0 aromatic heterocycles. The van der Waals surface area contributed by atoms with Gasteiger partial charge in [-0.1, -0.05) is 66.2 Å². The molecule has 160 valence electrons. The fourth-order valence-corrected chi connectivity index (χ4v) is 5.43. The Morgan fingerprint density at radius 2 is 1.68 bits per heavy atom. The van der Waals surface area contributed by atoms with Crippen LogP contribution in [0.15, 0.2) is 77.7 Å². The van der Waals surface area contributed by atoms with E-state index in [1.165, 1.54) is 33.0 Å². The van der Waals surface area contributed by atoms with Crippen LogP contribution in [0.5, 0.6) is 0 Å². The Labute approximate surface area is 187 Å². The summed E-state index contributed by atoms with van der Waals surface area (Å²) in [6, 6.07) is 21.8. The Hall–Kier alpha value is -2.67. The van der Waals surface area contributed by atoms with Gasteiger partial charge in [0.2, 0.25) is 10.0 Å². The molecule has 5 nitrogen and oxygen atoms in total. The van der Waals surface area contributed by atoms with E-state index < -0.39 is 10.0 Å². The summed E-state index contributed by atoms with van der Waals surface area (Å²) >= 11 is 6.29. The maximum atomic E-state index is 13.3. The van der Waals surface area contributed by atoms with Gasteiger partial charge in [-0.15, -0.1) is 0 Å². The first-order chi connectivity index (χ1) is 14.9. The fraction of sp³-hybridized carbons (Fsp3) is 0.208. The lowest BCUT2D eigenvalue weighted by molar-refractivity contribution is 0.0785. The summed E-state index contributed by atoms with van der Waals surface area (Å²) in [5.41, 5.74) is 3.33. The summed E-state index contributed by atoms with van der Waals surface area (Å²) in [6.45, 7) is 1.12. The number of hydrogen-bond donors (Lipinski definition) is 0. The molecule has 1 heterocycles. The summed E-state index contributed by atoms with van der Waals surface area (Å²) in [5, 5.41) is 0.229. The molecule has 0 bridgehead atoms. The Morgan fingerprint density at radius 1 is 1.00 bits per heavy atom. The number of carbonyl (C=O) groups excluding carboxylic acids is 1. The number of fused-ring (bicyclic) bond motifs is 1. The molecule has 0 spiro atoms. The number of halogens is 1. The Balaban J connectivity index is 1.59. The van der Waals surface area contributed by atoms with Crippen molar-refractivity contribution in [3.05, 3.63) is 100 Å². The minimum Gasteiger partial charge on any atom is -0.337 e. The fourth-order valence-electron chi connectivity index (χ4n) is 3.79. The molecule has 3 aromatic carbocycles. The van der Waals surface area contributed by atoms with E-state index in [9.17, 15) is 13.2 Å². The summed E-state index contributed by atoms with van der Waals surface area (Å²) in [6.07, 6.45) is 0.661. The molecule has 0 aliphatic carbocycles. The molecule has 3 aromatic rings. The van der Waals surface area contributed by atoms with E-state index in [2.05, 4.69) is 0 Å². The summed E-state index contributed by atoms with van der Waals surface area (Å²) in [4.78, 5) is 14.6. The highest BCUT2D eigenvalue weighted by Crippen LogP contribution is 2.28. The van der Waals surface area contributed by atoms with Gasteiger partial charge in [-0.05, 0) is 41.3 Å². The molecule has 0 saturated heterocycles. The van der Waals surface area contributed by atoms with Gasteiger partial charge in [-0.3, -0.25) is 4.79 Å². The molecule has 0 N–H and O–H groups in total. The van der Waals surface area contributed by atoms with Crippen molar-refractivity contribution in [2.24, 2.45) is 0 Å². The van der Waals surface area contributed by atoms with Crippen LogP contribution in [0.2, 0.25) is 5.02 Å². The van der Waals surface area contributed by atoms with Crippen LogP contribution in [-0.2, 0) is 29.5 Å². The average molecular weight is 455 g/mol. The highest BCUT2D eigenvalue weighted by Gasteiger charge is 2.29. The molecule has 0 atom stereocenters. The van der Waals surface area contributed by atoms with Crippen molar-refractivity contribution < 1.29 is 13.2 Å². The van der Waals surface area contributed by atoms with Crippen LogP contribution >= 0.6 is 11.6 Å². The number of carbonyl (C=O) groups is 1. The van der Waals surface area contributed by atoms with Crippen LogP contribution in [0.25, 0.3) is 0 Å². The Morgan fingerprint density at radius 3 is 2.42 bits per heavy atom. The molecule has 0 unspecified atom stereocenters. The Bertz CT molecular complexity index is 1210. The van der Waals surface area contributed by atoms with Crippen molar-refractivity contribution >= 4 is 27.5 Å². The predicted molar refractivity (Wildman–Crippen MR) is 121 cm³/mol. The zero-order chi connectivity index (χ0) is 22.0. The third-order valence-electron chi connectivity index (χ3n) is 5.51. The molecule has 0 fully saturated rings. The molecule has 0 radical (unpaired) electrons. The van der Waals surface area contributed by atoms with Gasteiger partial charge in [0.1, 0.15) is 0 Å². The number of nitrogens with zero attached hydrogens (tertiary/aromatic N) is 2. The van der Waals surface area contributed by atoms with Gasteiger partial charge < -0.3 is 4.90 Å². The van der Waals surface area contributed by atoms with Crippen LogP contribution in [0.4, 0.5) is 0 Å². The third-order valence-corrected chi connectivity index (χ3v) is 7.68. The summed E-state index contributed by atoms with van der Waals surface area (Å²) in [7, 11) is -2.08. The lowest BCUT2D eigenvalue weighted by Gasteiger charge is -2.28. The van der Waals surface area contributed by atoms with Crippen LogP contribution in [0.3, 0.4) is 0 Å². The average Bonchev–Trinajstić information content (AvgIpc) is 2.79. The van der Waals surface area contributed by atoms with Crippen LogP contribution in [-0.4, -0.2) is 37.1 Å². The smallest absolute Gasteiger partial charge is 0.255 e. The maximum Gasteiger partial charge on any atom is 0.255 e. The predicted octanol–water partition coefficient (Wildman–Crippen LogP) is 4.36. The molecular formula is C24H23ClN2O3S. The summed E-state index contributed by atoms with van der Waals surface area (Å²) in [5.74, 6) is -0.324. The first-order valence-corrected chi connectivity index (χ1v) is 11.8. The van der Waals surface area contributed by atoms with Crippen molar-refractivity contribution in [1.82, 2.24) is 9.21 Å². The van der Waals surface area contributed by atoms with Gasteiger partial charge in [0.15, 0.2) is 0 Å². The van der Waals surface area contributed by atoms with E-state index in [4.69, 9.17) is 11.6 Å². The van der Waals surface area contributed by atoms with Crippen LogP contribution in [0.1, 0.15) is 27.0 Å². The molecule has 1 aliphatic rings. The lowest BCUT2D eigenvalue weighted by atomic mass is 10.0. The van der Waals surface area contributed by atoms with Gasteiger partial charge in [0.25, 0.3) is 5.91 Å². The van der Waals surface area contributed by atoms with E-state index in [-0.39, 0.29) is 21.4 Å². The van der Waals surface area contributed by atoms with Crippen molar-refractivity contribution in [3.63, 3.8) is 0 Å². The van der Waals surface area contributed by atoms with Crippen molar-refractivity contribution in [2.45, 2.75) is 24.4 Å². The largest absolute Gasteiger partial charge is 0.337 e. The second-order valence-electron chi connectivity index (χ2n) is 7.65. The molecule has 1 aliphatic heterocycles. The van der Waals surface area contributed by atoms with Crippen LogP contribution in [0, 0.1) is 0 Å². The zero-order valence-corrected chi connectivity index (χ0v) is 18.7. The van der Waals surface area contributed by atoms with E-state index in [1.54, 1.807) is 7.05 Å². The standard InChI is InChI=1S/C24H23ClN2O3S/c1-26(16-18-7-3-2-4-8-18)24(28)22-15-21(11-12-23(22)25)31(29,30)27-14-13-19-9-5-6-10-20(19)17-27/h2-12,15H,13-14,16-17H2,1H3. The zero-order valence-electron chi connectivity index (χ0n) is 17.2. The quantitative estimate of drug-likeness (QED) is 0.575. The minimum absolute atomic E-state index is 0.0766. The first kappa shape index (κ1) is 21.6. The first-order valence-electron chi connectivity index (χ1n) is 10.0. The summed E-state index contributed by atoms with van der Waals surface area (Å²) < 4.78 is 28.1. The monoisotopic (exact) mass is 454 g/mol. The molecule has 1 amide bonds. The van der Waals surface area contributed by atoms with Gasteiger partial charge in [-0.25, -0.2) is 8.42 Å².